The second-order valence-corrected chi connectivity index (χ2v) is 5.72. The molecular formula is C16H22N2O. The van der Waals surface area contributed by atoms with Crippen molar-refractivity contribution >= 4 is 11.6 Å². The third-order valence-corrected chi connectivity index (χ3v) is 4.41. The van der Waals surface area contributed by atoms with Gasteiger partial charge in [0.25, 0.3) is 5.91 Å². The van der Waals surface area contributed by atoms with E-state index in [9.17, 15) is 4.79 Å². The van der Waals surface area contributed by atoms with Gasteiger partial charge in [0.05, 0.1) is 5.56 Å². The normalized spacial score (nSPS) is 21.1. The average molecular weight is 258 g/mol. The van der Waals surface area contributed by atoms with Gasteiger partial charge in [0.15, 0.2) is 0 Å². The fourth-order valence-electron chi connectivity index (χ4n) is 3.51. The summed E-state index contributed by atoms with van der Waals surface area (Å²) >= 11 is 0. The van der Waals surface area contributed by atoms with Gasteiger partial charge < -0.3 is 10.2 Å². The van der Waals surface area contributed by atoms with E-state index in [1.54, 1.807) is 0 Å². The standard InChI is InChI=1S/C16H22N2O/c1-2-12-18-15(19)13-8-4-5-9-14(13)17-16(18)10-6-3-7-11-16/h4-5,8-9,17H,2-3,6-7,10-12H2,1H3. The number of benzene rings is 1. The van der Waals surface area contributed by atoms with Crippen LogP contribution in [0.15, 0.2) is 24.3 Å². The lowest BCUT2D eigenvalue weighted by Crippen LogP contribution is -2.60. The number of amides is 1. The van der Waals surface area contributed by atoms with E-state index in [4.69, 9.17) is 0 Å². The molecule has 1 spiro atoms. The van der Waals surface area contributed by atoms with E-state index >= 15 is 0 Å². The number of carbonyl (C=O) groups is 1. The fraction of sp³-hybridized carbons (Fsp3) is 0.562. The summed E-state index contributed by atoms with van der Waals surface area (Å²) in [5, 5.41) is 3.68. The Morgan fingerprint density at radius 2 is 1.95 bits per heavy atom. The molecule has 2 aliphatic rings. The van der Waals surface area contributed by atoms with Crippen molar-refractivity contribution in [3.05, 3.63) is 29.8 Å². The number of rotatable bonds is 2. The van der Waals surface area contributed by atoms with Crippen LogP contribution in [0.1, 0.15) is 55.8 Å². The molecule has 0 radical (unpaired) electrons. The lowest BCUT2D eigenvalue weighted by molar-refractivity contribution is 0.0398. The average Bonchev–Trinajstić information content (AvgIpc) is 2.45. The minimum atomic E-state index is -0.125. The molecule has 1 aliphatic carbocycles. The highest BCUT2D eigenvalue weighted by Gasteiger charge is 2.44. The van der Waals surface area contributed by atoms with Crippen molar-refractivity contribution in [3.8, 4) is 0 Å². The number of hydrogen-bond acceptors (Lipinski definition) is 2. The smallest absolute Gasteiger partial charge is 0.257 e. The Hall–Kier alpha value is -1.51. The van der Waals surface area contributed by atoms with Crippen molar-refractivity contribution in [2.24, 2.45) is 0 Å². The Bertz CT molecular complexity index is 477. The van der Waals surface area contributed by atoms with Crippen LogP contribution in [-0.2, 0) is 0 Å². The van der Waals surface area contributed by atoms with Crippen LogP contribution >= 0.6 is 0 Å². The molecule has 1 amide bonds. The first-order valence-electron chi connectivity index (χ1n) is 7.46. The third kappa shape index (κ3) is 2.01. The van der Waals surface area contributed by atoms with Gasteiger partial charge in [0.2, 0.25) is 0 Å². The number of fused-ring (bicyclic) bond motifs is 1. The van der Waals surface area contributed by atoms with Crippen LogP contribution in [0, 0.1) is 0 Å². The Morgan fingerprint density at radius 1 is 1.21 bits per heavy atom. The van der Waals surface area contributed by atoms with Crippen molar-refractivity contribution in [2.75, 3.05) is 11.9 Å². The lowest BCUT2D eigenvalue weighted by Gasteiger charge is -2.50. The molecule has 0 unspecified atom stereocenters. The predicted octanol–water partition coefficient (Wildman–Crippen LogP) is 3.62. The van der Waals surface area contributed by atoms with Crippen LogP contribution < -0.4 is 5.32 Å². The Kier molecular flexibility index (Phi) is 3.21. The van der Waals surface area contributed by atoms with Gasteiger partial charge in [-0.25, -0.2) is 0 Å². The van der Waals surface area contributed by atoms with Crippen molar-refractivity contribution in [1.29, 1.82) is 0 Å². The van der Waals surface area contributed by atoms with E-state index in [0.717, 1.165) is 37.1 Å². The number of nitrogens with zero attached hydrogens (tertiary/aromatic N) is 1. The highest BCUT2D eigenvalue weighted by atomic mass is 16.2. The second kappa shape index (κ2) is 4.87. The van der Waals surface area contributed by atoms with Crippen LogP contribution in [0.3, 0.4) is 0 Å². The fourth-order valence-corrected chi connectivity index (χ4v) is 3.51. The largest absolute Gasteiger partial charge is 0.362 e. The van der Waals surface area contributed by atoms with E-state index in [2.05, 4.69) is 17.1 Å². The summed E-state index contributed by atoms with van der Waals surface area (Å²) < 4.78 is 0. The van der Waals surface area contributed by atoms with E-state index in [1.165, 1.54) is 19.3 Å². The highest BCUT2D eigenvalue weighted by molar-refractivity contribution is 6.02. The van der Waals surface area contributed by atoms with Gasteiger partial charge in [-0.1, -0.05) is 25.5 Å². The molecule has 1 N–H and O–H groups in total. The molecule has 1 aliphatic heterocycles. The summed E-state index contributed by atoms with van der Waals surface area (Å²) in [6.45, 7) is 2.99. The van der Waals surface area contributed by atoms with Crippen LogP contribution in [-0.4, -0.2) is 23.0 Å². The molecule has 1 heterocycles. The van der Waals surface area contributed by atoms with Gasteiger partial charge in [0, 0.05) is 12.2 Å². The molecule has 0 bridgehead atoms. The van der Waals surface area contributed by atoms with Gasteiger partial charge in [-0.05, 0) is 44.2 Å². The lowest BCUT2D eigenvalue weighted by atomic mass is 9.84. The molecule has 0 atom stereocenters. The molecular weight excluding hydrogens is 236 g/mol. The molecule has 3 heteroatoms. The van der Waals surface area contributed by atoms with Crippen LogP contribution in [0.5, 0.6) is 0 Å². The molecule has 3 nitrogen and oxygen atoms in total. The van der Waals surface area contributed by atoms with Crippen molar-refractivity contribution in [2.45, 2.75) is 51.1 Å². The number of para-hydroxylation sites is 1. The van der Waals surface area contributed by atoms with E-state index in [0.29, 0.717) is 0 Å². The maximum atomic E-state index is 12.8. The van der Waals surface area contributed by atoms with Crippen molar-refractivity contribution in [1.82, 2.24) is 4.90 Å². The van der Waals surface area contributed by atoms with Crippen LogP contribution in [0.4, 0.5) is 5.69 Å². The number of carbonyl (C=O) groups excluding carboxylic acids is 1. The first-order valence-corrected chi connectivity index (χ1v) is 7.46. The third-order valence-electron chi connectivity index (χ3n) is 4.41. The number of anilines is 1. The minimum Gasteiger partial charge on any atom is -0.362 e. The second-order valence-electron chi connectivity index (χ2n) is 5.72. The Morgan fingerprint density at radius 3 is 2.68 bits per heavy atom. The molecule has 102 valence electrons. The molecule has 19 heavy (non-hydrogen) atoms. The zero-order valence-electron chi connectivity index (χ0n) is 11.6. The first kappa shape index (κ1) is 12.5. The van der Waals surface area contributed by atoms with Crippen LogP contribution in [0.25, 0.3) is 0 Å². The zero-order valence-corrected chi connectivity index (χ0v) is 11.6. The van der Waals surface area contributed by atoms with Crippen LogP contribution in [0.2, 0.25) is 0 Å². The molecule has 1 saturated carbocycles. The van der Waals surface area contributed by atoms with E-state index < -0.39 is 0 Å². The molecule has 3 rings (SSSR count). The zero-order chi connectivity index (χ0) is 13.3. The molecule has 0 saturated heterocycles. The summed E-state index contributed by atoms with van der Waals surface area (Å²) in [4.78, 5) is 14.9. The molecule has 1 aromatic carbocycles. The van der Waals surface area contributed by atoms with E-state index in [1.807, 2.05) is 24.3 Å². The summed E-state index contributed by atoms with van der Waals surface area (Å²) in [6.07, 6.45) is 6.88. The Balaban J connectivity index is 2.02. The highest BCUT2D eigenvalue weighted by Crippen LogP contribution is 2.40. The SMILES string of the molecule is CCCN1C(=O)c2ccccc2NC12CCCCC2. The van der Waals surface area contributed by atoms with Crippen molar-refractivity contribution < 1.29 is 4.79 Å². The maximum absolute atomic E-state index is 12.8. The number of hydrogen-bond donors (Lipinski definition) is 1. The topological polar surface area (TPSA) is 32.3 Å². The van der Waals surface area contributed by atoms with Gasteiger partial charge in [0.1, 0.15) is 5.66 Å². The summed E-state index contributed by atoms with van der Waals surface area (Å²) in [5.74, 6) is 0.207. The Labute approximate surface area is 115 Å². The quantitative estimate of drug-likeness (QED) is 0.878. The first-order chi connectivity index (χ1) is 9.27. The molecule has 1 fully saturated rings. The van der Waals surface area contributed by atoms with Crippen molar-refractivity contribution in [3.63, 3.8) is 0 Å². The monoisotopic (exact) mass is 258 g/mol. The number of nitrogens with one attached hydrogen (secondary N) is 1. The summed E-state index contributed by atoms with van der Waals surface area (Å²) in [5.41, 5.74) is 1.72. The minimum absolute atomic E-state index is 0.125. The summed E-state index contributed by atoms with van der Waals surface area (Å²) in [6, 6.07) is 7.92. The van der Waals surface area contributed by atoms with Gasteiger partial charge in [-0.15, -0.1) is 0 Å². The van der Waals surface area contributed by atoms with E-state index in [-0.39, 0.29) is 11.6 Å². The van der Waals surface area contributed by atoms with Gasteiger partial charge in [-0.3, -0.25) is 4.79 Å². The predicted molar refractivity (Wildman–Crippen MR) is 77.2 cm³/mol. The summed E-state index contributed by atoms with van der Waals surface area (Å²) in [7, 11) is 0. The maximum Gasteiger partial charge on any atom is 0.257 e. The van der Waals surface area contributed by atoms with Gasteiger partial charge in [-0.2, -0.15) is 0 Å². The van der Waals surface area contributed by atoms with Gasteiger partial charge >= 0.3 is 0 Å². The molecule has 0 aromatic heterocycles. The molecule has 1 aromatic rings.